The number of ketones is 2. The zero-order valence-electron chi connectivity index (χ0n) is 26.8. The second-order valence-electron chi connectivity index (χ2n) is 14.7. The van der Waals surface area contributed by atoms with Crippen LogP contribution in [0.15, 0.2) is 28.7 Å². The van der Waals surface area contributed by atoms with Gasteiger partial charge in [-0.1, -0.05) is 20.8 Å². The van der Waals surface area contributed by atoms with Crippen LogP contribution in [0, 0.1) is 17.3 Å². The molecule has 0 radical (unpaired) electrons. The highest BCUT2D eigenvalue weighted by atomic mass is 19.4. The Labute approximate surface area is 260 Å². The number of primary amides is 1. The first-order chi connectivity index (χ1) is 20.4. The number of likely N-dealkylation sites (N-methyl/N-ethyl adjacent to an activating group) is 1. The van der Waals surface area contributed by atoms with Crippen molar-refractivity contribution in [1.82, 2.24) is 9.80 Å². The SMILES string of the molecule is CN(C)[C@@H]1C(O)=C(C(N)=O)C(=O)[C@@]2(O)C(O)=C3C(=O)c4c(O)cc(CN(C)C(C)(C)CC(C)(C)C)c(C(F)(F)F)c4C[C@H]3C[C@@H]12. The Morgan fingerprint density at radius 1 is 1.07 bits per heavy atom. The number of benzene rings is 1. The lowest BCUT2D eigenvalue weighted by Gasteiger charge is -2.50. The minimum Gasteiger partial charge on any atom is -0.510 e. The van der Waals surface area contributed by atoms with Gasteiger partial charge in [0.25, 0.3) is 5.91 Å². The van der Waals surface area contributed by atoms with E-state index in [4.69, 9.17) is 5.73 Å². The number of fused-ring (bicyclic) bond motifs is 3. The molecule has 3 aliphatic carbocycles. The number of carbonyl (C=O) groups excluding carboxylic acids is 3. The summed E-state index contributed by atoms with van der Waals surface area (Å²) in [5.74, 6) is -9.06. The van der Waals surface area contributed by atoms with Gasteiger partial charge in [0, 0.05) is 23.6 Å². The molecule has 1 aromatic rings. The lowest BCUT2D eigenvalue weighted by molar-refractivity contribution is -0.148. The summed E-state index contributed by atoms with van der Waals surface area (Å²) < 4.78 is 44.7. The topological polar surface area (TPSA) is 165 Å². The molecular formula is C32H42F3N3O7. The van der Waals surface area contributed by atoms with E-state index in [0.29, 0.717) is 6.42 Å². The summed E-state index contributed by atoms with van der Waals surface area (Å²) in [7, 11) is 4.63. The molecule has 248 valence electrons. The Balaban J connectivity index is 1.91. The molecule has 10 nitrogen and oxygen atoms in total. The van der Waals surface area contributed by atoms with Gasteiger partial charge >= 0.3 is 6.18 Å². The summed E-state index contributed by atoms with van der Waals surface area (Å²) in [5.41, 5.74) is -2.12. The van der Waals surface area contributed by atoms with Crippen molar-refractivity contribution in [2.45, 2.75) is 83.8 Å². The summed E-state index contributed by atoms with van der Waals surface area (Å²) >= 11 is 0. The van der Waals surface area contributed by atoms with Crippen LogP contribution in [0.3, 0.4) is 0 Å². The number of nitrogens with two attached hydrogens (primary N) is 1. The summed E-state index contributed by atoms with van der Waals surface area (Å²) in [6, 6.07) is -0.350. The second-order valence-corrected chi connectivity index (χ2v) is 14.7. The Bertz CT molecular complexity index is 1540. The zero-order chi connectivity index (χ0) is 34.4. The normalized spacial score (nSPS) is 26.0. The number of phenols is 1. The lowest BCUT2D eigenvalue weighted by atomic mass is 9.58. The van der Waals surface area contributed by atoms with Crippen LogP contribution in [0.5, 0.6) is 5.75 Å². The van der Waals surface area contributed by atoms with Crippen molar-refractivity contribution in [1.29, 1.82) is 0 Å². The first-order valence-electron chi connectivity index (χ1n) is 14.7. The van der Waals surface area contributed by atoms with Crippen LogP contribution >= 0.6 is 0 Å². The number of aliphatic hydroxyl groups excluding tert-OH is 2. The van der Waals surface area contributed by atoms with E-state index in [1.807, 2.05) is 34.6 Å². The van der Waals surface area contributed by atoms with Gasteiger partial charge in [0.2, 0.25) is 5.78 Å². The Kier molecular flexibility index (Phi) is 8.30. The fraction of sp³-hybridized carbons (Fsp3) is 0.594. The van der Waals surface area contributed by atoms with Crippen LogP contribution in [0.25, 0.3) is 0 Å². The van der Waals surface area contributed by atoms with E-state index < -0.39 is 104 Å². The number of nitrogens with zero attached hydrogens (tertiary/aromatic N) is 2. The van der Waals surface area contributed by atoms with Gasteiger partial charge < -0.3 is 26.2 Å². The molecule has 3 aliphatic rings. The molecule has 1 aromatic carbocycles. The molecule has 1 amide bonds. The number of aromatic hydroxyl groups is 1. The number of amides is 1. The van der Waals surface area contributed by atoms with Crippen molar-refractivity contribution >= 4 is 17.5 Å². The van der Waals surface area contributed by atoms with Crippen molar-refractivity contribution in [3.63, 3.8) is 0 Å². The van der Waals surface area contributed by atoms with Gasteiger partial charge in [0.1, 0.15) is 22.8 Å². The van der Waals surface area contributed by atoms with Crippen molar-refractivity contribution in [3.05, 3.63) is 51.0 Å². The molecule has 0 aliphatic heterocycles. The monoisotopic (exact) mass is 637 g/mol. The number of halogens is 3. The zero-order valence-corrected chi connectivity index (χ0v) is 26.8. The average Bonchev–Trinajstić information content (AvgIpc) is 2.83. The van der Waals surface area contributed by atoms with E-state index in [1.165, 1.54) is 19.0 Å². The highest BCUT2D eigenvalue weighted by molar-refractivity contribution is 6.24. The minimum atomic E-state index is -4.93. The summed E-state index contributed by atoms with van der Waals surface area (Å²) in [6.45, 7) is 9.71. The third-order valence-electron chi connectivity index (χ3n) is 9.49. The molecule has 13 heteroatoms. The van der Waals surface area contributed by atoms with Crippen LogP contribution in [0.2, 0.25) is 0 Å². The number of alkyl halides is 3. The number of carbonyl (C=O) groups is 3. The van der Waals surface area contributed by atoms with Crippen LogP contribution in [0.4, 0.5) is 13.2 Å². The highest BCUT2D eigenvalue weighted by Gasteiger charge is 2.63. The largest absolute Gasteiger partial charge is 0.510 e. The maximum atomic E-state index is 14.9. The molecule has 0 fully saturated rings. The van der Waals surface area contributed by atoms with Gasteiger partial charge in [-0.15, -0.1) is 0 Å². The summed E-state index contributed by atoms with van der Waals surface area (Å²) in [5, 5.41) is 45.0. The van der Waals surface area contributed by atoms with Crippen molar-refractivity contribution < 1.29 is 48.0 Å². The molecule has 4 rings (SSSR count). The Hall–Kier alpha value is -3.42. The fourth-order valence-electron chi connectivity index (χ4n) is 7.77. The molecule has 0 bridgehead atoms. The summed E-state index contributed by atoms with van der Waals surface area (Å²) in [6.07, 6.45) is -5.05. The molecule has 0 saturated carbocycles. The van der Waals surface area contributed by atoms with E-state index in [1.54, 1.807) is 11.9 Å². The molecule has 0 heterocycles. The number of allylic oxidation sites excluding steroid dienone is 1. The fourth-order valence-corrected chi connectivity index (χ4v) is 7.77. The molecule has 6 N–H and O–H groups in total. The van der Waals surface area contributed by atoms with Crippen molar-refractivity contribution in [3.8, 4) is 5.75 Å². The minimum absolute atomic E-state index is 0.130. The smallest absolute Gasteiger partial charge is 0.417 e. The van der Waals surface area contributed by atoms with Crippen LogP contribution < -0.4 is 5.73 Å². The van der Waals surface area contributed by atoms with Gasteiger partial charge in [-0.05, 0) is 82.8 Å². The molecule has 0 spiro atoms. The van der Waals surface area contributed by atoms with E-state index in [0.717, 1.165) is 6.07 Å². The van der Waals surface area contributed by atoms with E-state index in [2.05, 4.69) is 0 Å². The maximum absolute atomic E-state index is 14.9. The van der Waals surface area contributed by atoms with Crippen LogP contribution in [0.1, 0.15) is 74.5 Å². The molecular weight excluding hydrogens is 595 g/mol. The highest BCUT2D eigenvalue weighted by Crippen LogP contribution is 2.54. The van der Waals surface area contributed by atoms with E-state index >= 15 is 0 Å². The second kappa shape index (κ2) is 10.8. The number of hydrogen-bond donors (Lipinski definition) is 5. The standard InChI is InChI=1S/C32H42F3N3O7/c1-29(2,3)13-30(4,5)38(8)12-15-11-18(39)20-16(22(15)32(33,34)35)9-14-10-17-23(37(6)7)25(41)21(28(36)44)27(43)31(17,45)26(42)19(14)24(20)40/h11,14,17,23,39,41-42,45H,9-10,12-13H2,1-8H3,(H2,36,44)/t14-,17-,23-,31-/m0/s1. The summed E-state index contributed by atoms with van der Waals surface area (Å²) in [4.78, 5) is 42.6. The van der Waals surface area contributed by atoms with Crippen LogP contribution in [-0.2, 0) is 28.7 Å². The molecule has 0 unspecified atom stereocenters. The third kappa shape index (κ3) is 5.52. The Morgan fingerprint density at radius 3 is 2.13 bits per heavy atom. The number of aliphatic hydroxyl groups is 3. The molecule has 4 atom stereocenters. The number of Topliss-reactive ketones (excluding diaryl/α,β-unsaturated/α-hetero) is 2. The first-order valence-corrected chi connectivity index (χ1v) is 14.7. The van der Waals surface area contributed by atoms with E-state index in [-0.39, 0.29) is 23.9 Å². The van der Waals surface area contributed by atoms with E-state index in [9.17, 15) is 48.0 Å². The number of hydrogen-bond acceptors (Lipinski definition) is 9. The van der Waals surface area contributed by atoms with Crippen LogP contribution in [-0.4, -0.2) is 86.0 Å². The third-order valence-corrected chi connectivity index (χ3v) is 9.49. The quantitative estimate of drug-likeness (QED) is 0.292. The number of rotatable bonds is 6. The predicted octanol–water partition coefficient (Wildman–Crippen LogP) is 3.79. The van der Waals surface area contributed by atoms with Gasteiger partial charge in [0.15, 0.2) is 11.4 Å². The van der Waals surface area contributed by atoms with Gasteiger partial charge in [0.05, 0.1) is 17.2 Å². The molecule has 0 aromatic heterocycles. The van der Waals surface area contributed by atoms with Gasteiger partial charge in [-0.25, -0.2) is 0 Å². The maximum Gasteiger partial charge on any atom is 0.417 e. The Morgan fingerprint density at radius 2 is 1.64 bits per heavy atom. The first kappa shape index (κ1) is 34.5. The molecule has 0 saturated heterocycles. The predicted molar refractivity (Wildman–Crippen MR) is 158 cm³/mol. The average molecular weight is 638 g/mol. The van der Waals surface area contributed by atoms with Gasteiger partial charge in [-0.3, -0.25) is 24.2 Å². The van der Waals surface area contributed by atoms with Crippen molar-refractivity contribution in [2.24, 2.45) is 23.0 Å². The van der Waals surface area contributed by atoms with Gasteiger partial charge in [-0.2, -0.15) is 13.2 Å². The van der Waals surface area contributed by atoms with Crippen molar-refractivity contribution in [2.75, 3.05) is 21.1 Å². The lowest BCUT2D eigenvalue weighted by Crippen LogP contribution is -2.63. The number of phenolic OH excluding ortho intramolecular Hbond substituents is 1. The molecule has 45 heavy (non-hydrogen) atoms.